The molecule has 0 bridgehead atoms. The number of rotatable bonds is 7. The van der Waals surface area contributed by atoms with Gasteiger partial charge < -0.3 is 10.1 Å². The van der Waals surface area contributed by atoms with Crippen LogP contribution >= 0.6 is 0 Å². The zero-order valence-electron chi connectivity index (χ0n) is 17.2. The quantitative estimate of drug-likeness (QED) is 0.727. The third-order valence-electron chi connectivity index (χ3n) is 4.78. The molecule has 30 heavy (non-hydrogen) atoms. The summed E-state index contributed by atoms with van der Waals surface area (Å²) in [6, 6.07) is 11.5. The zero-order chi connectivity index (χ0) is 21.9. The fourth-order valence-electron chi connectivity index (χ4n) is 3.12. The molecule has 0 radical (unpaired) electrons. The van der Waals surface area contributed by atoms with E-state index in [-0.39, 0.29) is 34.8 Å². The van der Waals surface area contributed by atoms with E-state index in [1.54, 1.807) is 24.3 Å². The molecule has 0 saturated heterocycles. The number of sulfonamides is 1. The van der Waals surface area contributed by atoms with Gasteiger partial charge in [0.25, 0.3) is 10.0 Å². The predicted octanol–water partition coefficient (Wildman–Crippen LogP) is 3.14. The largest absolute Gasteiger partial charge is 0.494 e. The van der Waals surface area contributed by atoms with Crippen molar-refractivity contribution in [1.29, 1.82) is 0 Å². The van der Waals surface area contributed by atoms with Gasteiger partial charge in [-0.3, -0.25) is 9.69 Å². The number of ether oxygens (including phenoxy) is 1. The Labute approximate surface area is 176 Å². The first-order valence-corrected chi connectivity index (χ1v) is 11.2. The van der Waals surface area contributed by atoms with Gasteiger partial charge in [0.1, 0.15) is 17.2 Å². The van der Waals surface area contributed by atoms with Crippen LogP contribution in [0, 0.1) is 0 Å². The summed E-state index contributed by atoms with van der Waals surface area (Å²) in [5.74, 6) is 0.201. The van der Waals surface area contributed by atoms with E-state index in [0.717, 1.165) is 10.7 Å². The third kappa shape index (κ3) is 4.11. The zero-order valence-corrected chi connectivity index (χ0v) is 18.0. The standard InChI is InChI=1S/C21H25N3O5S/c1-4-15(3)22-20(25)14-23-18-8-6-7-9-19(18)30(27,28)24(21(23)26)16-10-12-17(13-11-16)29-5-2/h6-13,15H,4-5,14H2,1-3H3,(H,22,25)/t15-/m1/s1. The summed E-state index contributed by atoms with van der Waals surface area (Å²) in [6.45, 7) is 5.81. The van der Waals surface area contributed by atoms with E-state index in [4.69, 9.17) is 4.74 Å². The Morgan fingerprint density at radius 2 is 1.77 bits per heavy atom. The fraction of sp³-hybridized carbons (Fsp3) is 0.333. The van der Waals surface area contributed by atoms with Crippen molar-refractivity contribution in [2.75, 3.05) is 22.4 Å². The molecule has 3 rings (SSSR count). The smallest absolute Gasteiger partial charge is 0.343 e. The maximum absolute atomic E-state index is 13.3. The Morgan fingerprint density at radius 1 is 1.10 bits per heavy atom. The van der Waals surface area contributed by atoms with Gasteiger partial charge in [-0.15, -0.1) is 0 Å². The van der Waals surface area contributed by atoms with Gasteiger partial charge in [-0.2, -0.15) is 4.31 Å². The SMILES string of the molecule is CCOc1ccc(N2C(=O)N(CC(=O)N[C@H](C)CC)c3ccccc3S2(=O)=O)cc1. The van der Waals surface area contributed by atoms with Gasteiger partial charge in [0, 0.05) is 6.04 Å². The van der Waals surface area contributed by atoms with Crippen LogP contribution in [0.3, 0.4) is 0 Å². The number of nitrogens with zero attached hydrogens (tertiary/aromatic N) is 2. The van der Waals surface area contributed by atoms with Crippen molar-refractivity contribution in [2.24, 2.45) is 0 Å². The molecule has 2 aromatic carbocycles. The minimum Gasteiger partial charge on any atom is -0.494 e. The highest BCUT2D eigenvalue weighted by Crippen LogP contribution is 2.37. The topological polar surface area (TPSA) is 96.0 Å². The second kappa shape index (κ2) is 8.74. The predicted molar refractivity (Wildman–Crippen MR) is 114 cm³/mol. The van der Waals surface area contributed by atoms with Gasteiger partial charge in [-0.25, -0.2) is 13.2 Å². The second-order valence-electron chi connectivity index (χ2n) is 6.91. The number of anilines is 2. The molecule has 0 saturated carbocycles. The summed E-state index contributed by atoms with van der Waals surface area (Å²) in [5, 5.41) is 2.81. The van der Waals surface area contributed by atoms with Crippen LogP contribution in [0.1, 0.15) is 27.2 Å². The van der Waals surface area contributed by atoms with Crippen molar-refractivity contribution in [2.45, 2.75) is 38.1 Å². The molecule has 1 N–H and O–H groups in total. The molecule has 3 amide bonds. The molecule has 1 heterocycles. The van der Waals surface area contributed by atoms with Gasteiger partial charge in [0.2, 0.25) is 5.91 Å². The number of fused-ring (bicyclic) bond motifs is 1. The monoisotopic (exact) mass is 431 g/mol. The molecule has 0 fully saturated rings. The maximum atomic E-state index is 13.3. The number of benzene rings is 2. The molecular formula is C21H25N3O5S. The van der Waals surface area contributed by atoms with Crippen LogP contribution in [0.15, 0.2) is 53.4 Å². The van der Waals surface area contributed by atoms with Crippen LogP contribution in [-0.2, 0) is 14.8 Å². The van der Waals surface area contributed by atoms with E-state index in [2.05, 4.69) is 5.32 Å². The molecule has 2 aromatic rings. The minimum atomic E-state index is -4.14. The normalized spacial score (nSPS) is 16.0. The average molecular weight is 432 g/mol. The van der Waals surface area contributed by atoms with E-state index in [1.165, 1.54) is 29.2 Å². The van der Waals surface area contributed by atoms with E-state index >= 15 is 0 Å². The van der Waals surface area contributed by atoms with Crippen LogP contribution in [-0.4, -0.2) is 39.5 Å². The van der Waals surface area contributed by atoms with Crippen LogP contribution < -0.4 is 19.3 Å². The first-order chi connectivity index (χ1) is 14.3. The molecule has 8 nitrogen and oxygen atoms in total. The summed E-state index contributed by atoms with van der Waals surface area (Å²) >= 11 is 0. The molecule has 0 spiro atoms. The lowest BCUT2D eigenvalue weighted by molar-refractivity contribution is -0.120. The van der Waals surface area contributed by atoms with Crippen molar-refractivity contribution in [3.8, 4) is 5.75 Å². The summed E-state index contributed by atoms with van der Waals surface area (Å²) < 4.78 is 32.6. The van der Waals surface area contributed by atoms with Crippen molar-refractivity contribution < 1.29 is 22.7 Å². The Bertz CT molecular complexity index is 1040. The second-order valence-corrected chi connectivity index (χ2v) is 8.66. The first-order valence-electron chi connectivity index (χ1n) is 9.77. The summed E-state index contributed by atoms with van der Waals surface area (Å²) in [7, 11) is -4.14. The van der Waals surface area contributed by atoms with E-state index < -0.39 is 16.1 Å². The molecule has 1 aliphatic rings. The highest BCUT2D eigenvalue weighted by molar-refractivity contribution is 7.94. The minimum absolute atomic E-state index is 0.0326. The summed E-state index contributed by atoms with van der Waals surface area (Å²) in [4.78, 5) is 26.9. The number of hydrogen-bond acceptors (Lipinski definition) is 5. The van der Waals surface area contributed by atoms with Crippen molar-refractivity contribution >= 4 is 33.3 Å². The van der Waals surface area contributed by atoms with Gasteiger partial charge >= 0.3 is 6.03 Å². The van der Waals surface area contributed by atoms with Crippen LogP contribution in [0.5, 0.6) is 5.75 Å². The number of para-hydroxylation sites is 1. The van der Waals surface area contributed by atoms with Crippen molar-refractivity contribution in [1.82, 2.24) is 5.32 Å². The van der Waals surface area contributed by atoms with Gasteiger partial charge in [-0.1, -0.05) is 19.1 Å². The van der Waals surface area contributed by atoms with Crippen LogP contribution in [0.4, 0.5) is 16.2 Å². The number of carbonyl (C=O) groups is 2. The summed E-state index contributed by atoms with van der Waals surface area (Å²) in [6.07, 6.45) is 0.739. The number of amides is 3. The molecule has 0 aliphatic carbocycles. The highest BCUT2D eigenvalue weighted by atomic mass is 32.2. The van der Waals surface area contributed by atoms with E-state index in [1.807, 2.05) is 20.8 Å². The van der Waals surface area contributed by atoms with Gasteiger partial charge in [0.15, 0.2) is 0 Å². The lowest BCUT2D eigenvalue weighted by Crippen LogP contribution is -2.54. The average Bonchev–Trinajstić information content (AvgIpc) is 2.72. The molecule has 9 heteroatoms. The lowest BCUT2D eigenvalue weighted by atomic mass is 10.2. The number of carbonyl (C=O) groups excluding carboxylic acids is 2. The molecular weight excluding hydrogens is 406 g/mol. The van der Waals surface area contributed by atoms with E-state index in [9.17, 15) is 18.0 Å². The van der Waals surface area contributed by atoms with Gasteiger partial charge in [0.05, 0.1) is 18.0 Å². The molecule has 1 aliphatic heterocycles. The molecule has 1 atom stereocenters. The van der Waals surface area contributed by atoms with Gasteiger partial charge in [-0.05, 0) is 56.7 Å². The highest BCUT2D eigenvalue weighted by Gasteiger charge is 2.43. The summed E-state index contributed by atoms with van der Waals surface area (Å²) in [5.41, 5.74) is 0.356. The Balaban J connectivity index is 2.02. The first kappa shape index (κ1) is 21.6. The Kier molecular flexibility index (Phi) is 6.31. The van der Waals surface area contributed by atoms with E-state index in [0.29, 0.717) is 12.4 Å². The van der Waals surface area contributed by atoms with Crippen LogP contribution in [0.25, 0.3) is 0 Å². The number of urea groups is 1. The lowest BCUT2D eigenvalue weighted by Gasteiger charge is -2.36. The third-order valence-corrected chi connectivity index (χ3v) is 6.53. The molecule has 0 unspecified atom stereocenters. The number of hydrogen-bond donors (Lipinski definition) is 1. The Morgan fingerprint density at radius 3 is 2.40 bits per heavy atom. The molecule has 160 valence electrons. The van der Waals surface area contributed by atoms with Crippen molar-refractivity contribution in [3.63, 3.8) is 0 Å². The fourth-order valence-corrected chi connectivity index (χ4v) is 4.72. The van der Waals surface area contributed by atoms with Crippen LogP contribution in [0.2, 0.25) is 0 Å². The maximum Gasteiger partial charge on any atom is 0.343 e. The molecule has 0 aromatic heterocycles. The van der Waals surface area contributed by atoms with Crippen molar-refractivity contribution in [3.05, 3.63) is 48.5 Å². The number of nitrogens with one attached hydrogen (secondary N) is 1. The Hall–Kier alpha value is -3.07.